The Hall–Kier alpha value is -1.80. The molecule has 1 aliphatic rings. The van der Waals surface area contributed by atoms with Crippen molar-refractivity contribution >= 4 is 15.9 Å². The summed E-state index contributed by atoms with van der Waals surface area (Å²) >= 11 is 0. The Bertz CT molecular complexity index is 641. The monoisotopic (exact) mass is 328 g/mol. The van der Waals surface area contributed by atoms with Crippen LogP contribution in [-0.4, -0.2) is 41.1 Å². The third kappa shape index (κ3) is 4.35. The molecule has 2 N–H and O–H groups in total. The first kappa shape index (κ1) is 16.6. The van der Waals surface area contributed by atoms with Crippen molar-refractivity contribution in [3.63, 3.8) is 0 Å². The fourth-order valence-electron chi connectivity index (χ4n) is 1.89. The lowest BCUT2D eigenvalue weighted by atomic mass is 10.3. The second-order valence-electron chi connectivity index (χ2n) is 5.01. The Labute approximate surface area is 130 Å². The van der Waals surface area contributed by atoms with Gasteiger partial charge in [0.2, 0.25) is 15.9 Å². The van der Waals surface area contributed by atoms with Crippen molar-refractivity contribution < 1.29 is 22.7 Å². The molecule has 0 aliphatic heterocycles. The first-order chi connectivity index (χ1) is 10.5. The van der Waals surface area contributed by atoms with E-state index in [9.17, 15) is 13.2 Å². The number of nitrogens with one attached hydrogen (secondary N) is 2. The molecule has 1 saturated carbocycles. The molecule has 0 radical (unpaired) electrons. The molecule has 1 fully saturated rings. The van der Waals surface area contributed by atoms with E-state index in [0.29, 0.717) is 11.5 Å². The molecule has 0 bridgehead atoms. The van der Waals surface area contributed by atoms with E-state index in [-0.39, 0.29) is 29.8 Å². The van der Waals surface area contributed by atoms with Crippen molar-refractivity contribution in [1.29, 1.82) is 0 Å². The van der Waals surface area contributed by atoms with Crippen LogP contribution in [-0.2, 0) is 14.8 Å². The van der Waals surface area contributed by atoms with E-state index in [0.717, 1.165) is 12.8 Å². The Morgan fingerprint density at radius 2 is 1.91 bits per heavy atom. The number of sulfonamides is 1. The largest absolute Gasteiger partial charge is 0.493 e. The van der Waals surface area contributed by atoms with Crippen LogP contribution < -0.4 is 19.5 Å². The highest BCUT2D eigenvalue weighted by Crippen LogP contribution is 2.29. The summed E-state index contributed by atoms with van der Waals surface area (Å²) in [5.41, 5.74) is 0. The molecule has 122 valence electrons. The zero-order chi connectivity index (χ0) is 16.2. The van der Waals surface area contributed by atoms with Gasteiger partial charge in [0.1, 0.15) is 0 Å². The van der Waals surface area contributed by atoms with Crippen molar-refractivity contribution in [3.8, 4) is 11.5 Å². The zero-order valence-corrected chi connectivity index (χ0v) is 13.4. The van der Waals surface area contributed by atoms with E-state index < -0.39 is 10.0 Å². The minimum absolute atomic E-state index is 0.0508. The van der Waals surface area contributed by atoms with Gasteiger partial charge in [0, 0.05) is 25.1 Å². The molecule has 0 unspecified atom stereocenters. The number of carbonyl (C=O) groups is 1. The summed E-state index contributed by atoms with van der Waals surface area (Å²) in [6, 6.07) is 4.60. The van der Waals surface area contributed by atoms with Gasteiger partial charge in [-0.15, -0.1) is 0 Å². The van der Waals surface area contributed by atoms with Crippen LogP contribution in [0.5, 0.6) is 11.5 Å². The molecule has 2 rings (SSSR count). The SMILES string of the molecule is COc1ccc(S(=O)(=O)NCCC(=O)NC2CC2)cc1OC. The third-order valence-corrected chi connectivity index (χ3v) is 4.71. The first-order valence-electron chi connectivity index (χ1n) is 6.97. The molecule has 1 aliphatic carbocycles. The highest BCUT2D eigenvalue weighted by molar-refractivity contribution is 7.89. The molecule has 0 heterocycles. The van der Waals surface area contributed by atoms with E-state index >= 15 is 0 Å². The average molecular weight is 328 g/mol. The Morgan fingerprint density at radius 3 is 2.50 bits per heavy atom. The van der Waals surface area contributed by atoms with Crippen molar-refractivity contribution in [2.75, 3.05) is 20.8 Å². The average Bonchev–Trinajstić information content (AvgIpc) is 3.30. The van der Waals surface area contributed by atoms with E-state index in [4.69, 9.17) is 9.47 Å². The maximum atomic E-state index is 12.2. The quantitative estimate of drug-likeness (QED) is 0.731. The van der Waals surface area contributed by atoms with Gasteiger partial charge in [-0.1, -0.05) is 0 Å². The van der Waals surface area contributed by atoms with Crippen molar-refractivity contribution in [2.45, 2.75) is 30.2 Å². The maximum absolute atomic E-state index is 12.2. The van der Waals surface area contributed by atoms with Gasteiger partial charge >= 0.3 is 0 Å². The summed E-state index contributed by atoms with van der Waals surface area (Å²) in [4.78, 5) is 11.6. The molecule has 7 nitrogen and oxygen atoms in total. The summed E-state index contributed by atoms with van der Waals surface area (Å²) < 4.78 is 36.9. The normalized spacial score (nSPS) is 14.5. The first-order valence-corrected chi connectivity index (χ1v) is 8.45. The highest BCUT2D eigenvalue weighted by Gasteiger charge is 2.23. The van der Waals surface area contributed by atoms with Gasteiger partial charge < -0.3 is 14.8 Å². The molecule has 8 heteroatoms. The number of hydrogen-bond donors (Lipinski definition) is 2. The van der Waals surface area contributed by atoms with Crippen LogP contribution in [0.3, 0.4) is 0 Å². The van der Waals surface area contributed by atoms with Crippen molar-refractivity contribution in [1.82, 2.24) is 10.0 Å². The lowest BCUT2D eigenvalue weighted by Crippen LogP contribution is -2.31. The van der Waals surface area contributed by atoms with E-state index in [1.54, 1.807) is 0 Å². The number of carbonyl (C=O) groups excluding carboxylic acids is 1. The highest BCUT2D eigenvalue weighted by atomic mass is 32.2. The minimum atomic E-state index is -3.69. The maximum Gasteiger partial charge on any atom is 0.240 e. The summed E-state index contributed by atoms with van der Waals surface area (Å²) in [5.74, 6) is 0.639. The lowest BCUT2D eigenvalue weighted by Gasteiger charge is -2.11. The predicted octanol–water partition coefficient (Wildman–Crippen LogP) is 0.651. The van der Waals surface area contributed by atoms with Crippen LogP contribution in [0.4, 0.5) is 0 Å². The molecule has 22 heavy (non-hydrogen) atoms. The summed E-state index contributed by atoms with van der Waals surface area (Å²) in [6.07, 6.45) is 2.12. The molecular formula is C14H20N2O5S. The Morgan fingerprint density at radius 1 is 1.23 bits per heavy atom. The van der Waals surface area contributed by atoms with Gasteiger partial charge in [0.15, 0.2) is 11.5 Å². The van der Waals surface area contributed by atoms with Crippen LogP contribution in [0.1, 0.15) is 19.3 Å². The van der Waals surface area contributed by atoms with Crippen LogP contribution >= 0.6 is 0 Å². The molecule has 0 atom stereocenters. The van der Waals surface area contributed by atoms with Crippen LogP contribution in [0, 0.1) is 0 Å². The van der Waals surface area contributed by atoms with Crippen LogP contribution in [0.15, 0.2) is 23.1 Å². The molecule has 1 amide bonds. The predicted molar refractivity (Wildman–Crippen MR) is 80.5 cm³/mol. The topological polar surface area (TPSA) is 93.7 Å². The fraction of sp³-hybridized carbons (Fsp3) is 0.500. The summed E-state index contributed by atoms with van der Waals surface area (Å²) in [5, 5.41) is 2.80. The van der Waals surface area contributed by atoms with E-state index in [1.807, 2.05) is 0 Å². The second kappa shape index (κ2) is 6.97. The number of rotatable bonds is 8. The van der Waals surface area contributed by atoms with Crippen molar-refractivity contribution in [2.24, 2.45) is 0 Å². The van der Waals surface area contributed by atoms with Gasteiger partial charge in [-0.25, -0.2) is 13.1 Å². The smallest absolute Gasteiger partial charge is 0.240 e. The number of hydrogen-bond acceptors (Lipinski definition) is 5. The Balaban J connectivity index is 1.95. The molecule has 0 aromatic heterocycles. The molecule has 0 spiro atoms. The standard InChI is InChI=1S/C14H20N2O5S/c1-20-12-6-5-11(9-13(12)21-2)22(18,19)15-8-7-14(17)16-10-3-4-10/h5-6,9-10,15H,3-4,7-8H2,1-2H3,(H,16,17). The number of amides is 1. The molecule has 1 aromatic carbocycles. The van der Waals surface area contributed by atoms with Gasteiger partial charge in [0.25, 0.3) is 0 Å². The van der Waals surface area contributed by atoms with Gasteiger partial charge in [-0.05, 0) is 25.0 Å². The van der Waals surface area contributed by atoms with Gasteiger partial charge in [-0.2, -0.15) is 0 Å². The minimum Gasteiger partial charge on any atom is -0.493 e. The van der Waals surface area contributed by atoms with Gasteiger partial charge in [0.05, 0.1) is 19.1 Å². The number of ether oxygens (including phenoxy) is 2. The molecule has 1 aromatic rings. The van der Waals surface area contributed by atoms with Gasteiger partial charge in [-0.3, -0.25) is 4.79 Å². The molecular weight excluding hydrogens is 308 g/mol. The fourth-order valence-corrected chi connectivity index (χ4v) is 2.94. The summed E-state index contributed by atoms with van der Waals surface area (Å²) in [6.45, 7) is 0.0508. The number of benzene rings is 1. The Kier molecular flexibility index (Phi) is 5.25. The van der Waals surface area contributed by atoms with Crippen LogP contribution in [0.2, 0.25) is 0 Å². The van der Waals surface area contributed by atoms with E-state index in [2.05, 4.69) is 10.0 Å². The second-order valence-corrected chi connectivity index (χ2v) is 6.77. The zero-order valence-electron chi connectivity index (χ0n) is 12.6. The summed E-state index contributed by atoms with van der Waals surface area (Å²) in [7, 11) is -0.783. The van der Waals surface area contributed by atoms with Crippen LogP contribution in [0.25, 0.3) is 0 Å². The lowest BCUT2D eigenvalue weighted by molar-refractivity contribution is -0.121. The van der Waals surface area contributed by atoms with E-state index in [1.165, 1.54) is 32.4 Å². The van der Waals surface area contributed by atoms with Crippen molar-refractivity contribution in [3.05, 3.63) is 18.2 Å². The third-order valence-electron chi connectivity index (χ3n) is 3.25. The number of methoxy groups -OCH3 is 2. The molecule has 0 saturated heterocycles.